The lowest BCUT2D eigenvalue weighted by Gasteiger charge is -2.14. The summed E-state index contributed by atoms with van der Waals surface area (Å²) in [5.41, 5.74) is 22.3. The molecule has 0 aliphatic heterocycles. The molecule has 0 fully saturated rings. The smallest absolute Gasteiger partial charge is 0.0319 e. The molecule has 0 heterocycles. The van der Waals surface area contributed by atoms with E-state index < -0.39 is 0 Å². The van der Waals surface area contributed by atoms with Gasteiger partial charge in [0, 0.05) is 7.11 Å². The second kappa shape index (κ2) is 57.5. The fraction of sp³-hybridized carbons (Fsp3) is 0.340. The van der Waals surface area contributed by atoms with Crippen LogP contribution in [0.1, 0.15) is 246 Å². The van der Waals surface area contributed by atoms with Crippen LogP contribution in [-0.4, -0.2) is 12.2 Å². The lowest BCUT2D eigenvalue weighted by Crippen LogP contribution is -1.93. The lowest BCUT2D eigenvalue weighted by molar-refractivity contribution is 0.399. The van der Waals surface area contributed by atoms with E-state index in [0.29, 0.717) is 11.8 Å². The summed E-state index contributed by atoms with van der Waals surface area (Å²) in [5.74, 6) is 1.32. The molecule has 0 bridgehead atoms. The van der Waals surface area contributed by atoms with Gasteiger partial charge in [0.25, 0.3) is 0 Å². The molecule has 0 spiro atoms. The monoisotopic (exact) mass is 1400 g/mol. The molecule has 0 aromatic heterocycles. The minimum atomic E-state index is 0. The standard InChI is InChI=1S/C18H18.C18H20.C16H18.C14H16.C10H14.2C9H12.CH4O.8CH4/c1-3-13-15-9-5-7-11-17(15)14(4-2)18-12-8-6-10-16(13)18;1-3-15-5-9-17(10-6-15)13-14-18-11-7-16(4-2)8-12-18;1-3-13-5-9-15(10-6-13)16-11-7-14(4-2)8-12-16;1-3-11-9-10-12(4-2)14-8-6-5-7-13(11)14;1-3-9-5-7-10(4-2)8-6-9;2*1-8(2)9-6-4-3-5-7-9;1-2;;;;;;;;/h5-12H,3-4H2,1-2H3;5-14H,3-4H2,1-2H3;5-12H,3-4H2,1-2H3;5-10H,3-4H2,1-2H3;5-8H,3-4H2,1-2H3;2*3-8H,1-2H3;2H,1H3;8*1H4/b;14-13+;;;;;;;;;;;;;;. The van der Waals surface area contributed by atoms with Gasteiger partial charge in [-0.1, -0.05) is 435 Å². The van der Waals surface area contributed by atoms with Crippen molar-refractivity contribution in [3.63, 3.8) is 0 Å². The Bertz CT molecular complexity index is 3730. The van der Waals surface area contributed by atoms with Crippen LogP contribution >= 0.6 is 0 Å². The van der Waals surface area contributed by atoms with Gasteiger partial charge >= 0.3 is 0 Å². The number of aliphatic hydroxyl groups excluding tert-OH is 1. The van der Waals surface area contributed by atoms with Crippen LogP contribution in [0.25, 0.3) is 55.6 Å². The molecule has 0 saturated carbocycles. The minimum absolute atomic E-state index is 0. The third kappa shape index (κ3) is 32.4. The number of rotatable bonds is 15. The van der Waals surface area contributed by atoms with E-state index in [2.05, 4.69) is 364 Å². The Morgan fingerprint density at radius 1 is 0.221 bits per heavy atom. The molecule has 12 aromatic carbocycles. The molecule has 0 atom stereocenters. The molecular formula is C103H146O. The highest BCUT2D eigenvalue weighted by Gasteiger charge is 2.11. The van der Waals surface area contributed by atoms with E-state index in [1.807, 2.05) is 12.1 Å². The predicted molar refractivity (Wildman–Crippen MR) is 482 cm³/mol. The first-order valence-corrected chi connectivity index (χ1v) is 35.9. The van der Waals surface area contributed by atoms with E-state index >= 15 is 0 Å². The highest BCUT2D eigenvalue weighted by Crippen LogP contribution is 2.34. The Morgan fingerprint density at radius 2 is 0.423 bits per heavy atom. The van der Waals surface area contributed by atoms with Gasteiger partial charge in [0.2, 0.25) is 0 Å². The van der Waals surface area contributed by atoms with Gasteiger partial charge in [0.05, 0.1) is 0 Å². The third-order valence-electron chi connectivity index (χ3n) is 17.8. The number of hydrogen-bond donors (Lipinski definition) is 1. The summed E-state index contributed by atoms with van der Waals surface area (Å²) in [6.07, 6.45) is 15.4. The topological polar surface area (TPSA) is 20.2 Å². The minimum Gasteiger partial charge on any atom is -0.400 e. The van der Waals surface area contributed by atoms with Gasteiger partial charge in [0.1, 0.15) is 0 Å². The van der Waals surface area contributed by atoms with Crippen molar-refractivity contribution < 1.29 is 5.11 Å². The molecule has 0 aliphatic rings. The van der Waals surface area contributed by atoms with Crippen molar-refractivity contribution in [1.29, 1.82) is 0 Å². The molecule has 0 amide bonds. The van der Waals surface area contributed by atoms with Crippen molar-refractivity contribution in [2.24, 2.45) is 0 Å². The number of hydrogen-bond acceptors (Lipinski definition) is 1. The quantitative estimate of drug-likeness (QED) is 0.0801. The van der Waals surface area contributed by atoms with Crippen molar-refractivity contribution in [1.82, 2.24) is 0 Å². The van der Waals surface area contributed by atoms with E-state index in [-0.39, 0.29) is 59.4 Å². The molecule has 1 N–H and O–H groups in total. The Labute approximate surface area is 641 Å². The third-order valence-corrected chi connectivity index (χ3v) is 17.8. The maximum atomic E-state index is 7.00. The van der Waals surface area contributed by atoms with Crippen LogP contribution in [0, 0.1) is 0 Å². The zero-order valence-electron chi connectivity index (χ0n) is 61.2. The molecule has 0 saturated heterocycles. The van der Waals surface area contributed by atoms with Crippen molar-refractivity contribution in [2.45, 2.75) is 232 Å². The Hall–Kier alpha value is -8.88. The van der Waals surface area contributed by atoms with Crippen molar-refractivity contribution >= 4 is 44.5 Å². The van der Waals surface area contributed by atoms with Crippen LogP contribution < -0.4 is 0 Å². The summed E-state index contributed by atoms with van der Waals surface area (Å²) < 4.78 is 0. The maximum absolute atomic E-state index is 7.00. The molecule has 12 rings (SSSR count). The number of fused-ring (bicyclic) bond motifs is 3. The fourth-order valence-corrected chi connectivity index (χ4v) is 11.6. The van der Waals surface area contributed by atoms with Gasteiger partial charge in [-0.25, -0.2) is 0 Å². The van der Waals surface area contributed by atoms with Crippen LogP contribution in [-0.2, 0) is 64.2 Å². The Balaban J connectivity index is -0.000000559. The van der Waals surface area contributed by atoms with Gasteiger partial charge < -0.3 is 5.11 Å². The molecule has 0 aliphatic carbocycles. The molecule has 0 radical (unpaired) electrons. The van der Waals surface area contributed by atoms with Gasteiger partial charge in [-0.2, -0.15) is 0 Å². The zero-order valence-corrected chi connectivity index (χ0v) is 61.2. The van der Waals surface area contributed by atoms with Crippen molar-refractivity contribution in [3.8, 4) is 11.1 Å². The van der Waals surface area contributed by atoms with E-state index in [1.54, 1.807) is 0 Å². The average molecular weight is 1400 g/mol. The molecule has 0 unspecified atom stereocenters. The normalized spacial score (nSPS) is 9.63. The predicted octanol–water partition coefficient (Wildman–Crippen LogP) is 31.7. The summed E-state index contributed by atoms with van der Waals surface area (Å²) in [6, 6.07) is 95.9. The summed E-state index contributed by atoms with van der Waals surface area (Å²) in [5, 5.41) is 15.6. The molecule has 104 heavy (non-hydrogen) atoms. The number of aryl methyl sites for hydroxylation is 10. The summed E-state index contributed by atoms with van der Waals surface area (Å²) in [6.45, 7) is 30.8. The van der Waals surface area contributed by atoms with Crippen LogP contribution in [0.3, 0.4) is 0 Å². The Morgan fingerprint density at radius 3 is 0.615 bits per heavy atom. The van der Waals surface area contributed by atoms with E-state index in [1.165, 1.54) is 121 Å². The molecule has 1 nitrogen and oxygen atoms in total. The molecule has 1 heteroatoms. The van der Waals surface area contributed by atoms with Crippen LogP contribution in [0.15, 0.2) is 267 Å². The van der Waals surface area contributed by atoms with Gasteiger partial charge in [-0.15, -0.1) is 0 Å². The second-order valence-corrected chi connectivity index (χ2v) is 24.7. The first-order chi connectivity index (χ1) is 46.8. The largest absolute Gasteiger partial charge is 0.400 e. The Kier molecular flexibility index (Phi) is 56.1. The zero-order chi connectivity index (χ0) is 69.5. The van der Waals surface area contributed by atoms with E-state index in [9.17, 15) is 0 Å². The molecular weight excluding hydrogens is 1250 g/mol. The van der Waals surface area contributed by atoms with Crippen LogP contribution in [0.2, 0.25) is 0 Å². The van der Waals surface area contributed by atoms with Gasteiger partial charge in [0.15, 0.2) is 0 Å². The first kappa shape index (κ1) is 101. The fourth-order valence-electron chi connectivity index (χ4n) is 11.6. The average Bonchev–Trinajstić information content (AvgIpc) is 0.757. The van der Waals surface area contributed by atoms with Crippen molar-refractivity contribution in [3.05, 3.63) is 345 Å². The highest BCUT2D eigenvalue weighted by molar-refractivity contribution is 6.05. The maximum Gasteiger partial charge on any atom is 0.0319 e. The second-order valence-electron chi connectivity index (χ2n) is 24.7. The van der Waals surface area contributed by atoms with Crippen LogP contribution in [0.4, 0.5) is 0 Å². The van der Waals surface area contributed by atoms with Crippen molar-refractivity contribution in [2.75, 3.05) is 7.11 Å². The van der Waals surface area contributed by atoms with Crippen LogP contribution in [0.5, 0.6) is 0 Å². The summed E-state index contributed by atoms with van der Waals surface area (Å²) in [4.78, 5) is 0. The van der Waals surface area contributed by atoms with Gasteiger partial charge in [-0.3, -0.25) is 0 Å². The number of aliphatic hydroxyl groups is 1. The summed E-state index contributed by atoms with van der Waals surface area (Å²) >= 11 is 0. The number of benzene rings is 12. The first-order valence-electron chi connectivity index (χ1n) is 35.9. The molecule has 564 valence electrons. The van der Waals surface area contributed by atoms with Gasteiger partial charge in [-0.05, 0) is 197 Å². The summed E-state index contributed by atoms with van der Waals surface area (Å²) in [7, 11) is 1.00. The molecule has 12 aromatic rings. The lowest BCUT2D eigenvalue weighted by atomic mass is 9.90. The van der Waals surface area contributed by atoms with E-state index in [4.69, 9.17) is 5.11 Å². The SMILES string of the molecule is C.C.C.C.C.C.C.C.CC(C)c1ccccc1.CC(C)c1ccccc1.CCc1c2ccccc2c(CC)c2ccccc12.CCc1ccc(-c2ccc(CC)cc2)cc1.CCc1ccc(/C=C/c2ccc(CC)cc2)cc1.CCc1ccc(CC)c2ccccc12.CCc1ccc(CC)cc1.CO. The highest BCUT2D eigenvalue weighted by atomic mass is 16.2. The van der Waals surface area contributed by atoms with E-state index in [0.717, 1.165) is 71.3 Å².